The largest absolute Gasteiger partial charge is 0.495 e. The lowest BCUT2D eigenvalue weighted by Gasteiger charge is -2.03. The van der Waals surface area contributed by atoms with Crippen molar-refractivity contribution < 1.29 is 14.3 Å². The zero-order chi connectivity index (χ0) is 11.3. The number of benzene rings is 1. The predicted molar refractivity (Wildman–Crippen MR) is 56.3 cm³/mol. The lowest BCUT2D eigenvalue weighted by atomic mass is 10.2. The molecule has 1 aromatic carbocycles. The standard InChI is InChI=1S/C11H11NO3/c1-14-10-5-3-8(7-9(10)12)4-6-11(13)15-2/h3,5,7H,12H2,1-2H3. The summed E-state index contributed by atoms with van der Waals surface area (Å²) in [7, 11) is 2.81. The van der Waals surface area contributed by atoms with Gasteiger partial charge < -0.3 is 15.2 Å². The van der Waals surface area contributed by atoms with Gasteiger partial charge in [-0.1, -0.05) is 5.92 Å². The van der Waals surface area contributed by atoms with Crippen LogP contribution in [0.25, 0.3) is 0 Å². The minimum absolute atomic E-state index is 0.481. The van der Waals surface area contributed by atoms with Crippen LogP contribution in [0.2, 0.25) is 0 Å². The molecule has 0 saturated heterocycles. The summed E-state index contributed by atoms with van der Waals surface area (Å²) in [5.74, 6) is 4.94. The van der Waals surface area contributed by atoms with Gasteiger partial charge in [-0.15, -0.1) is 0 Å². The Bertz CT molecular complexity index is 429. The van der Waals surface area contributed by atoms with E-state index < -0.39 is 5.97 Å². The van der Waals surface area contributed by atoms with Crippen molar-refractivity contribution in [2.24, 2.45) is 0 Å². The molecule has 1 rings (SSSR count). The molecule has 0 heterocycles. The zero-order valence-corrected chi connectivity index (χ0v) is 8.53. The fourth-order valence-electron chi connectivity index (χ4n) is 0.986. The molecule has 0 aromatic heterocycles. The second-order valence-corrected chi connectivity index (χ2v) is 2.70. The van der Waals surface area contributed by atoms with Crippen LogP contribution in [0.15, 0.2) is 18.2 Å². The number of nitrogen functional groups attached to an aromatic ring is 1. The van der Waals surface area contributed by atoms with Crippen molar-refractivity contribution in [3.05, 3.63) is 23.8 Å². The normalized spacial score (nSPS) is 8.67. The first-order valence-electron chi connectivity index (χ1n) is 4.21. The molecular formula is C11H11NO3. The fourth-order valence-corrected chi connectivity index (χ4v) is 0.986. The van der Waals surface area contributed by atoms with E-state index in [0.717, 1.165) is 0 Å². The number of hydrogen-bond acceptors (Lipinski definition) is 4. The van der Waals surface area contributed by atoms with Gasteiger partial charge in [0, 0.05) is 11.5 Å². The summed E-state index contributed by atoms with van der Waals surface area (Å²) in [5.41, 5.74) is 6.78. The summed E-state index contributed by atoms with van der Waals surface area (Å²) in [6, 6.07) is 5.04. The second-order valence-electron chi connectivity index (χ2n) is 2.70. The highest BCUT2D eigenvalue weighted by molar-refractivity contribution is 5.89. The Balaban J connectivity index is 2.92. The lowest BCUT2D eigenvalue weighted by molar-refractivity contribution is -0.133. The number of nitrogens with two attached hydrogens (primary N) is 1. The summed E-state index contributed by atoms with van der Waals surface area (Å²) >= 11 is 0. The van der Waals surface area contributed by atoms with Crippen LogP contribution >= 0.6 is 0 Å². The first-order chi connectivity index (χ1) is 7.17. The van der Waals surface area contributed by atoms with Gasteiger partial charge in [-0.25, -0.2) is 4.79 Å². The maximum absolute atomic E-state index is 10.7. The van der Waals surface area contributed by atoms with Crippen molar-refractivity contribution in [1.82, 2.24) is 0 Å². The maximum atomic E-state index is 10.7. The minimum atomic E-state index is -0.579. The molecular weight excluding hydrogens is 194 g/mol. The van der Waals surface area contributed by atoms with Crippen LogP contribution in [0.3, 0.4) is 0 Å². The molecule has 0 spiro atoms. The molecule has 0 amide bonds. The molecule has 0 atom stereocenters. The number of esters is 1. The van der Waals surface area contributed by atoms with E-state index in [1.54, 1.807) is 18.2 Å². The van der Waals surface area contributed by atoms with Crippen LogP contribution in [0, 0.1) is 11.8 Å². The second kappa shape index (κ2) is 4.91. The van der Waals surface area contributed by atoms with Crippen molar-refractivity contribution in [3.8, 4) is 17.6 Å². The van der Waals surface area contributed by atoms with Crippen LogP contribution in [-0.2, 0) is 9.53 Å². The first kappa shape index (κ1) is 10.9. The molecule has 15 heavy (non-hydrogen) atoms. The molecule has 4 nitrogen and oxygen atoms in total. The van der Waals surface area contributed by atoms with Gasteiger partial charge >= 0.3 is 5.97 Å². The summed E-state index contributed by atoms with van der Waals surface area (Å²) in [6.07, 6.45) is 0. The van der Waals surface area contributed by atoms with Gasteiger partial charge in [0.05, 0.1) is 19.9 Å². The lowest BCUT2D eigenvalue weighted by Crippen LogP contribution is -1.95. The molecule has 0 unspecified atom stereocenters. The van der Waals surface area contributed by atoms with Gasteiger partial charge in [0.2, 0.25) is 0 Å². The molecule has 2 N–H and O–H groups in total. The Morgan fingerprint density at radius 1 is 1.40 bits per heavy atom. The molecule has 1 aromatic rings. The number of methoxy groups -OCH3 is 2. The third kappa shape index (κ3) is 2.92. The quantitative estimate of drug-likeness (QED) is 0.418. The molecule has 0 bridgehead atoms. The summed E-state index contributed by atoms with van der Waals surface area (Å²) in [4.78, 5) is 10.7. The van der Waals surface area contributed by atoms with Crippen molar-refractivity contribution >= 4 is 11.7 Å². The average molecular weight is 205 g/mol. The van der Waals surface area contributed by atoms with Crippen LogP contribution in [0.1, 0.15) is 5.56 Å². The first-order valence-corrected chi connectivity index (χ1v) is 4.21. The Hall–Kier alpha value is -2.15. The SMILES string of the molecule is COC(=O)C#Cc1ccc(OC)c(N)c1. The number of hydrogen-bond donors (Lipinski definition) is 1. The van der Waals surface area contributed by atoms with Gasteiger partial charge in [0.1, 0.15) is 5.75 Å². The van der Waals surface area contributed by atoms with E-state index in [-0.39, 0.29) is 0 Å². The van der Waals surface area contributed by atoms with Crippen LogP contribution in [0.4, 0.5) is 5.69 Å². The zero-order valence-electron chi connectivity index (χ0n) is 8.53. The molecule has 0 aliphatic carbocycles. The number of carbonyl (C=O) groups is 1. The minimum Gasteiger partial charge on any atom is -0.495 e. The van der Waals surface area contributed by atoms with Gasteiger partial charge in [-0.05, 0) is 18.2 Å². The monoisotopic (exact) mass is 205 g/mol. The molecule has 78 valence electrons. The van der Waals surface area contributed by atoms with Crippen molar-refractivity contribution in [2.45, 2.75) is 0 Å². The van der Waals surface area contributed by atoms with E-state index in [2.05, 4.69) is 16.6 Å². The fraction of sp³-hybridized carbons (Fsp3) is 0.182. The van der Waals surface area contributed by atoms with E-state index >= 15 is 0 Å². The summed E-state index contributed by atoms with van der Waals surface area (Å²) in [5, 5.41) is 0. The Kier molecular flexibility index (Phi) is 3.58. The third-order valence-electron chi connectivity index (χ3n) is 1.72. The van der Waals surface area contributed by atoms with Crippen LogP contribution in [-0.4, -0.2) is 20.2 Å². The molecule has 0 aliphatic rings. The highest BCUT2D eigenvalue weighted by Crippen LogP contribution is 2.21. The van der Waals surface area contributed by atoms with Gasteiger partial charge in [0.25, 0.3) is 0 Å². The third-order valence-corrected chi connectivity index (χ3v) is 1.72. The molecule has 0 fully saturated rings. The molecule has 0 saturated carbocycles. The van der Waals surface area contributed by atoms with Crippen LogP contribution < -0.4 is 10.5 Å². The van der Waals surface area contributed by atoms with E-state index in [1.807, 2.05) is 0 Å². The Morgan fingerprint density at radius 3 is 2.67 bits per heavy atom. The van der Waals surface area contributed by atoms with Gasteiger partial charge in [-0.3, -0.25) is 0 Å². The van der Waals surface area contributed by atoms with Crippen LogP contribution in [0.5, 0.6) is 5.75 Å². The van der Waals surface area contributed by atoms with Crippen molar-refractivity contribution in [1.29, 1.82) is 0 Å². The number of rotatable bonds is 1. The topological polar surface area (TPSA) is 61.5 Å². The van der Waals surface area contributed by atoms with Gasteiger partial charge in [-0.2, -0.15) is 0 Å². The Morgan fingerprint density at radius 2 is 2.13 bits per heavy atom. The van der Waals surface area contributed by atoms with Crippen molar-refractivity contribution in [3.63, 3.8) is 0 Å². The summed E-state index contributed by atoms with van der Waals surface area (Å²) < 4.78 is 9.36. The highest BCUT2D eigenvalue weighted by atomic mass is 16.5. The number of ether oxygens (including phenoxy) is 2. The van der Waals surface area contributed by atoms with Gasteiger partial charge in [0.15, 0.2) is 0 Å². The van der Waals surface area contributed by atoms with E-state index in [4.69, 9.17) is 10.5 Å². The summed E-state index contributed by atoms with van der Waals surface area (Å²) in [6.45, 7) is 0. The Labute approximate surface area is 88.0 Å². The molecule has 0 radical (unpaired) electrons. The predicted octanol–water partition coefficient (Wildman–Crippen LogP) is 0.802. The molecule has 0 aliphatic heterocycles. The van der Waals surface area contributed by atoms with E-state index in [0.29, 0.717) is 17.0 Å². The smallest absolute Gasteiger partial charge is 0.384 e. The maximum Gasteiger partial charge on any atom is 0.384 e. The van der Waals surface area contributed by atoms with E-state index in [1.165, 1.54) is 14.2 Å². The molecule has 4 heteroatoms. The highest BCUT2D eigenvalue weighted by Gasteiger charge is 1.98. The van der Waals surface area contributed by atoms with E-state index in [9.17, 15) is 4.79 Å². The number of carbonyl (C=O) groups excluding carboxylic acids is 1. The number of anilines is 1. The average Bonchev–Trinajstić information content (AvgIpc) is 2.26. The van der Waals surface area contributed by atoms with Crippen molar-refractivity contribution in [2.75, 3.05) is 20.0 Å².